The quantitative estimate of drug-likeness (QED) is 0.447. The summed E-state index contributed by atoms with van der Waals surface area (Å²) in [6.07, 6.45) is 0.845. The van der Waals surface area contributed by atoms with Crippen molar-refractivity contribution in [1.29, 1.82) is 0 Å². The molecule has 30 heavy (non-hydrogen) atoms. The van der Waals surface area contributed by atoms with E-state index in [9.17, 15) is 20.1 Å². The van der Waals surface area contributed by atoms with Gasteiger partial charge in [0.25, 0.3) is 0 Å². The molecule has 0 fully saturated rings. The Labute approximate surface area is 175 Å². The van der Waals surface area contributed by atoms with E-state index in [-0.39, 0.29) is 18.2 Å². The van der Waals surface area contributed by atoms with Gasteiger partial charge in [-0.15, -0.1) is 0 Å². The lowest BCUT2D eigenvalue weighted by molar-refractivity contribution is -0.139. The molecule has 2 aromatic carbocycles. The molecule has 0 unspecified atom stereocenters. The zero-order valence-electron chi connectivity index (χ0n) is 17.1. The van der Waals surface area contributed by atoms with Crippen molar-refractivity contribution in [2.75, 3.05) is 0 Å². The van der Waals surface area contributed by atoms with Crippen LogP contribution in [0.15, 0.2) is 54.6 Å². The molecule has 0 spiro atoms. The van der Waals surface area contributed by atoms with E-state index < -0.39 is 24.6 Å². The number of aliphatic carboxylic acids is 1. The number of para-hydroxylation sites is 1. The summed E-state index contributed by atoms with van der Waals surface area (Å²) < 4.78 is 2.18. The van der Waals surface area contributed by atoms with Crippen LogP contribution in [-0.2, 0) is 4.79 Å². The standard InChI is InChI=1S/C24H27NO5/c1-15(2)25-21-6-4-3-5-20(21)24(16-7-9-17(26)10-8-16)22(25)12-11-18(27)13-19(28)14-23(29)30/h3-12,15,18-19,26-28H,13-14H2,1-2H3,(H,29,30)/b12-11+/t18-,19-/m1/s1. The van der Waals surface area contributed by atoms with Crippen molar-refractivity contribution in [2.24, 2.45) is 0 Å². The van der Waals surface area contributed by atoms with Gasteiger partial charge in [0.2, 0.25) is 0 Å². The first-order valence-corrected chi connectivity index (χ1v) is 9.96. The van der Waals surface area contributed by atoms with Gasteiger partial charge in [-0.05, 0) is 43.7 Å². The van der Waals surface area contributed by atoms with Gasteiger partial charge in [-0.2, -0.15) is 0 Å². The molecule has 2 atom stereocenters. The van der Waals surface area contributed by atoms with Crippen LogP contribution in [0.3, 0.4) is 0 Å². The molecule has 1 heterocycles. The molecule has 0 aliphatic rings. The molecule has 3 rings (SSSR count). The van der Waals surface area contributed by atoms with Gasteiger partial charge in [-0.25, -0.2) is 0 Å². The fourth-order valence-corrected chi connectivity index (χ4v) is 3.78. The van der Waals surface area contributed by atoms with Crippen molar-refractivity contribution >= 4 is 22.9 Å². The number of fused-ring (bicyclic) bond motifs is 1. The molecule has 6 nitrogen and oxygen atoms in total. The van der Waals surface area contributed by atoms with Gasteiger partial charge in [0.1, 0.15) is 5.75 Å². The van der Waals surface area contributed by atoms with Crippen LogP contribution in [0.1, 0.15) is 38.4 Å². The Morgan fingerprint density at radius 1 is 1.07 bits per heavy atom. The largest absolute Gasteiger partial charge is 0.508 e. The van der Waals surface area contributed by atoms with Crippen molar-refractivity contribution in [1.82, 2.24) is 4.57 Å². The van der Waals surface area contributed by atoms with Gasteiger partial charge in [-0.3, -0.25) is 4.79 Å². The van der Waals surface area contributed by atoms with Gasteiger partial charge < -0.3 is 25.0 Å². The number of rotatable bonds is 8. The average molecular weight is 409 g/mol. The lowest BCUT2D eigenvalue weighted by Gasteiger charge is -2.15. The molecular weight excluding hydrogens is 382 g/mol. The number of aromatic nitrogens is 1. The van der Waals surface area contributed by atoms with E-state index in [4.69, 9.17) is 5.11 Å². The van der Waals surface area contributed by atoms with Gasteiger partial charge in [0, 0.05) is 34.6 Å². The van der Waals surface area contributed by atoms with E-state index in [1.165, 1.54) is 0 Å². The van der Waals surface area contributed by atoms with E-state index in [1.54, 1.807) is 18.2 Å². The van der Waals surface area contributed by atoms with Gasteiger partial charge >= 0.3 is 5.97 Å². The number of hydrogen-bond acceptors (Lipinski definition) is 4. The summed E-state index contributed by atoms with van der Waals surface area (Å²) in [5, 5.41) is 39.6. The van der Waals surface area contributed by atoms with Crippen molar-refractivity contribution in [3.05, 3.63) is 60.3 Å². The topological polar surface area (TPSA) is 103 Å². The average Bonchev–Trinajstić information content (AvgIpc) is 3.00. The maximum Gasteiger partial charge on any atom is 0.305 e. The molecule has 4 N–H and O–H groups in total. The Kier molecular flexibility index (Phi) is 6.59. The number of phenolic OH excluding ortho intramolecular Hbond substituents is 1. The van der Waals surface area contributed by atoms with E-state index >= 15 is 0 Å². The molecule has 158 valence electrons. The number of hydrogen-bond donors (Lipinski definition) is 4. The molecule has 0 aliphatic heterocycles. The summed E-state index contributed by atoms with van der Waals surface area (Å²) in [5.41, 5.74) is 3.86. The highest BCUT2D eigenvalue weighted by atomic mass is 16.4. The minimum absolute atomic E-state index is 0.0563. The zero-order chi connectivity index (χ0) is 21.8. The second-order valence-electron chi connectivity index (χ2n) is 7.70. The first-order valence-electron chi connectivity index (χ1n) is 9.96. The molecule has 0 bridgehead atoms. The normalized spacial score (nSPS) is 13.9. The van der Waals surface area contributed by atoms with Crippen LogP contribution in [-0.4, -0.2) is 43.2 Å². The molecule has 0 saturated heterocycles. The van der Waals surface area contributed by atoms with Crippen molar-refractivity contribution in [3.63, 3.8) is 0 Å². The predicted octanol–water partition coefficient (Wildman–Crippen LogP) is 4.19. The highest BCUT2D eigenvalue weighted by Crippen LogP contribution is 2.38. The van der Waals surface area contributed by atoms with E-state index in [1.807, 2.05) is 42.5 Å². The molecule has 6 heteroatoms. The highest BCUT2D eigenvalue weighted by Gasteiger charge is 2.19. The Morgan fingerprint density at radius 2 is 1.73 bits per heavy atom. The molecule has 0 amide bonds. The van der Waals surface area contributed by atoms with Crippen LogP contribution < -0.4 is 0 Å². The third kappa shape index (κ3) is 4.72. The minimum atomic E-state index is -1.12. The third-order valence-corrected chi connectivity index (χ3v) is 5.02. The predicted molar refractivity (Wildman–Crippen MR) is 117 cm³/mol. The Balaban J connectivity index is 2.08. The van der Waals surface area contributed by atoms with Crippen LogP contribution in [0.25, 0.3) is 28.1 Å². The second kappa shape index (κ2) is 9.15. The number of aromatic hydroxyl groups is 1. The van der Waals surface area contributed by atoms with Gasteiger partial charge in [0.05, 0.1) is 18.6 Å². The number of carboxylic acid groups (broad SMARTS) is 1. The second-order valence-corrected chi connectivity index (χ2v) is 7.70. The first kappa shape index (κ1) is 21.6. The van der Waals surface area contributed by atoms with Crippen LogP contribution in [0.4, 0.5) is 0 Å². The molecule has 0 radical (unpaired) electrons. The number of benzene rings is 2. The van der Waals surface area contributed by atoms with Gasteiger partial charge in [0.15, 0.2) is 0 Å². The van der Waals surface area contributed by atoms with E-state index in [2.05, 4.69) is 18.4 Å². The summed E-state index contributed by atoms with van der Waals surface area (Å²) in [5.74, 6) is -0.917. The summed E-state index contributed by atoms with van der Waals surface area (Å²) in [4.78, 5) is 10.7. The van der Waals surface area contributed by atoms with E-state index in [0.29, 0.717) is 0 Å². The number of aliphatic hydroxyl groups is 2. The summed E-state index contributed by atoms with van der Waals surface area (Å²) >= 11 is 0. The molecule has 0 saturated carbocycles. The number of nitrogens with zero attached hydrogens (tertiary/aromatic N) is 1. The molecular formula is C24H27NO5. The van der Waals surface area contributed by atoms with Crippen LogP contribution in [0.2, 0.25) is 0 Å². The number of aliphatic hydroxyl groups excluding tert-OH is 2. The Morgan fingerprint density at radius 3 is 2.37 bits per heavy atom. The van der Waals surface area contributed by atoms with Crippen LogP contribution in [0, 0.1) is 0 Å². The summed E-state index contributed by atoms with van der Waals surface area (Å²) in [7, 11) is 0. The number of carbonyl (C=O) groups is 1. The van der Waals surface area contributed by atoms with Crippen LogP contribution in [0.5, 0.6) is 5.75 Å². The lowest BCUT2D eigenvalue weighted by Crippen LogP contribution is -2.19. The van der Waals surface area contributed by atoms with Crippen molar-refractivity contribution < 1.29 is 25.2 Å². The Bertz CT molecular complexity index is 1050. The fraction of sp³-hybridized carbons (Fsp3) is 0.292. The van der Waals surface area contributed by atoms with E-state index in [0.717, 1.165) is 27.7 Å². The number of phenols is 1. The maximum absolute atomic E-state index is 10.7. The minimum Gasteiger partial charge on any atom is -0.508 e. The van der Waals surface area contributed by atoms with Crippen molar-refractivity contribution in [3.8, 4) is 16.9 Å². The molecule has 1 aromatic heterocycles. The summed E-state index contributed by atoms with van der Waals surface area (Å²) in [6, 6.07) is 15.2. The summed E-state index contributed by atoms with van der Waals surface area (Å²) in [6.45, 7) is 4.16. The van der Waals surface area contributed by atoms with Gasteiger partial charge in [-0.1, -0.05) is 36.4 Å². The maximum atomic E-state index is 10.7. The fourth-order valence-electron chi connectivity index (χ4n) is 3.78. The third-order valence-electron chi connectivity index (χ3n) is 5.02. The Hall–Kier alpha value is -3.09. The first-order chi connectivity index (χ1) is 14.3. The van der Waals surface area contributed by atoms with Crippen molar-refractivity contribution in [2.45, 2.75) is 44.9 Å². The zero-order valence-corrected chi connectivity index (χ0v) is 17.1. The SMILES string of the molecule is CC(C)n1c(/C=C/[C@@H](O)C[C@@H](O)CC(=O)O)c(-c2ccc(O)cc2)c2ccccc21. The molecule has 0 aliphatic carbocycles. The smallest absolute Gasteiger partial charge is 0.305 e. The monoisotopic (exact) mass is 409 g/mol. The lowest BCUT2D eigenvalue weighted by atomic mass is 10.0. The molecule has 3 aromatic rings. The highest BCUT2D eigenvalue weighted by molar-refractivity contribution is 6.01. The van der Waals surface area contributed by atoms with Crippen LogP contribution >= 0.6 is 0 Å². The number of carboxylic acids is 1.